The molecule has 2 bridgehead atoms. The molecule has 0 spiro atoms. The van der Waals surface area contributed by atoms with Crippen LogP contribution in [-0.2, 0) is 0 Å². The molecule has 5 rings (SSSR count). The van der Waals surface area contributed by atoms with E-state index in [0.29, 0.717) is 0 Å². The van der Waals surface area contributed by atoms with Gasteiger partial charge in [0.25, 0.3) is 0 Å². The normalized spacial score (nSPS) is 28.0. The van der Waals surface area contributed by atoms with Crippen LogP contribution >= 0.6 is 0 Å². The minimum absolute atomic E-state index is 0.0309. The van der Waals surface area contributed by atoms with Crippen molar-refractivity contribution in [3.05, 3.63) is 41.6 Å². The molecule has 0 amide bonds. The third-order valence-electron chi connectivity index (χ3n) is 4.69. The number of Topliss-reactive ketones (excluding diaryl/α,β-unsaturated/α-hetero) is 1. The molecule has 3 aliphatic rings. The number of aryl methyl sites for hydroxylation is 1. The van der Waals surface area contributed by atoms with Gasteiger partial charge in [0.2, 0.25) is 0 Å². The van der Waals surface area contributed by atoms with E-state index in [2.05, 4.69) is 14.8 Å². The van der Waals surface area contributed by atoms with Gasteiger partial charge in [-0.1, -0.05) is 6.07 Å². The van der Waals surface area contributed by atoms with Crippen LogP contribution in [0.1, 0.15) is 16.1 Å². The molecule has 1 aromatic carbocycles. The summed E-state index contributed by atoms with van der Waals surface area (Å²) in [6, 6.07) is 9.95. The van der Waals surface area contributed by atoms with E-state index < -0.39 is 0 Å². The van der Waals surface area contributed by atoms with Crippen LogP contribution in [0.3, 0.4) is 0 Å². The lowest BCUT2D eigenvalue weighted by atomic mass is 9.97. The van der Waals surface area contributed by atoms with Gasteiger partial charge in [0.1, 0.15) is 0 Å². The number of carbonyl (C=O) groups is 1. The van der Waals surface area contributed by atoms with Crippen molar-refractivity contribution in [2.45, 2.75) is 13.0 Å². The summed E-state index contributed by atoms with van der Waals surface area (Å²) in [6.07, 6.45) is 0. The predicted molar refractivity (Wildman–Crippen MR) is 82.6 cm³/mol. The molecule has 4 heterocycles. The van der Waals surface area contributed by atoms with Gasteiger partial charge in [-0.3, -0.25) is 19.6 Å². The number of ketones is 1. The number of nitrogens with zero attached hydrogens (tertiary/aromatic N) is 3. The van der Waals surface area contributed by atoms with Crippen LogP contribution in [0.15, 0.2) is 30.3 Å². The van der Waals surface area contributed by atoms with Crippen molar-refractivity contribution in [1.82, 2.24) is 14.8 Å². The van der Waals surface area contributed by atoms with Crippen molar-refractivity contribution in [2.24, 2.45) is 0 Å². The molecule has 108 valence electrons. The predicted octanol–water partition coefficient (Wildman–Crippen LogP) is 1.73. The summed E-state index contributed by atoms with van der Waals surface area (Å²) in [5.41, 5.74) is 2.78. The zero-order chi connectivity index (χ0) is 14.4. The first-order valence-electron chi connectivity index (χ1n) is 7.59. The Morgan fingerprint density at radius 1 is 1.14 bits per heavy atom. The molecule has 1 atom stereocenters. The standard InChI is InChI=1S/C17H19N3O/c1-12-2-3-13-10-14(4-5-15(13)18-12)17(21)16-11-19-6-8-20(16)9-7-19/h2-5,10,16H,6-9,11H2,1H3. The van der Waals surface area contributed by atoms with Gasteiger partial charge in [-0.25, -0.2) is 0 Å². The molecule has 2 aromatic rings. The Kier molecular flexibility index (Phi) is 3.01. The molecule has 4 heteroatoms. The second-order valence-electron chi connectivity index (χ2n) is 6.08. The number of pyridine rings is 1. The number of carbonyl (C=O) groups excluding carboxylic acids is 1. The van der Waals surface area contributed by atoms with Crippen LogP contribution < -0.4 is 0 Å². The minimum atomic E-state index is 0.0309. The molecule has 0 saturated carbocycles. The molecular formula is C17H19N3O. The fraction of sp³-hybridized carbons (Fsp3) is 0.412. The molecular weight excluding hydrogens is 262 g/mol. The highest BCUT2D eigenvalue weighted by atomic mass is 16.1. The summed E-state index contributed by atoms with van der Waals surface area (Å²) in [5.74, 6) is 0.252. The Morgan fingerprint density at radius 2 is 1.95 bits per heavy atom. The molecule has 1 unspecified atom stereocenters. The van der Waals surface area contributed by atoms with Crippen molar-refractivity contribution in [2.75, 3.05) is 32.7 Å². The number of piperazine rings is 3. The largest absolute Gasteiger partial charge is 0.299 e. The summed E-state index contributed by atoms with van der Waals surface area (Å²) in [7, 11) is 0. The van der Waals surface area contributed by atoms with Crippen LogP contribution in [0, 0.1) is 6.92 Å². The number of benzene rings is 1. The molecule has 3 saturated heterocycles. The van der Waals surface area contributed by atoms with E-state index in [1.165, 1.54) is 0 Å². The Morgan fingerprint density at radius 3 is 2.67 bits per heavy atom. The highest BCUT2D eigenvalue weighted by Crippen LogP contribution is 2.21. The van der Waals surface area contributed by atoms with Crippen LogP contribution in [0.2, 0.25) is 0 Å². The van der Waals surface area contributed by atoms with Gasteiger partial charge in [-0.2, -0.15) is 0 Å². The summed E-state index contributed by atoms with van der Waals surface area (Å²) < 4.78 is 0. The smallest absolute Gasteiger partial charge is 0.181 e. The third kappa shape index (κ3) is 2.24. The topological polar surface area (TPSA) is 36.4 Å². The lowest BCUT2D eigenvalue weighted by Crippen LogP contribution is -2.63. The van der Waals surface area contributed by atoms with E-state index in [1.807, 2.05) is 37.3 Å². The summed E-state index contributed by atoms with van der Waals surface area (Å²) in [4.78, 5) is 22.0. The minimum Gasteiger partial charge on any atom is -0.299 e. The number of rotatable bonds is 2. The van der Waals surface area contributed by atoms with Crippen molar-refractivity contribution in [3.8, 4) is 0 Å². The maximum atomic E-state index is 12.8. The molecule has 21 heavy (non-hydrogen) atoms. The van der Waals surface area contributed by atoms with E-state index in [4.69, 9.17) is 0 Å². The molecule has 1 aromatic heterocycles. The number of hydrogen-bond acceptors (Lipinski definition) is 4. The Bertz CT molecular complexity index is 704. The van der Waals surface area contributed by atoms with Crippen molar-refractivity contribution < 1.29 is 4.79 Å². The molecule has 3 aliphatic heterocycles. The average Bonchev–Trinajstić information content (AvgIpc) is 2.54. The van der Waals surface area contributed by atoms with Gasteiger partial charge in [0.15, 0.2) is 5.78 Å². The zero-order valence-corrected chi connectivity index (χ0v) is 12.2. The second kappa shape index (κ2) is 4.90. The Balaban J connectivity index is 1.66. The van der Waals surface area contributed by atoms with Crippen molar-refractivity contribution in [1.29, 1.82) is 0 Å². The average molecular weight is 281 g/mol. The van der Waals surface area contributed by atoms with E-state index in [-0.39, 0.29) is 11.8 Å². The zero-order valence-electron chi connectivity index (χ0n) is 12.2. The Hall–Kier alpha value is -1.78. The summed E-state index contributed by atoms with van der Waals surface area (Å²) in [6.45, 7) is 7.10. The summed E-state index contributed by atoms with van der Waals surface area (Å²) in [5, 5.41) is 1.04. The summed E-state index contributed by atoms with van der Waals surface area (Å²) >= 11 is 0. The fourth-order valence-corrected chi connectivity index (χ4v) is 3.44. The number of fused-ring (bicyclic) bond motifs is 4. The quantitative estimate of drug-likeness (QED) is 0.786. The first-order chi connectivity index (χ1) is 10.2. The first-order valence-corrected chi connectivity index (χ1v) is 7.59. The van der Waals surface area contributed by atoms with Crippen LogP contribution in [0.25, 0.3) is 10.9 Å². The van der Waals surface area contributed by atoms with Gasteiger partial charge in [-0.15, -0.1) is 0 Å². The molecule has 0 aliphatic carbocycles. The lowest BCUT2D eigenvalue weighted by molar-refractivity contribution is 0.0159. The Labute approximate surface area is 124 Å². The van der Waals surface area contributed by atoms with Gasteiger partial charge >= 0.3 is 0 Å². The van der Waals surface area contributed by atoms with E-state index >= 15 is 0 Å². The van der Waals surface area contributed by atoms with Crippen molar-refractivity contribution >= 4 is 16.7 Å². The van der Waals surface area contributed by atoms with Gasteiger partial charge in [0, 0.05) is 49.4 Å². The fourth-order valence-electron chi connectivity index (χ4n) is 3.44. The molecule has 0 radical (unpaired) electrons. The second-order valence-corrected chi connectivity index (χ2v) is 6.08. The maximum absolute atomic E-state index is 12.8. The highest BCUT2D eigenvalue weighted by Gasteiger charge is 2.36. The van der Waals surface area contributed by atoms with Gasteiger partial charge < -0.3 is 0 Å². The van der Waals surface area contributed by atoms with E-state index in [1.54, 1.807) is 0 Å². The molecule has 3 fully saturated rings. The molecule has 0 N–H and O–H groups in total. The van der Waals surface area contributed by atoms with E-state index in [0.717, 1.165) is 54.9 Å². The lowest BCUT2D eigenvalue weighted by Gasteiger charge is -2.46. The maximum Gasteiger partial charge on any atom is 0.181 e. The SMILES string of the molecule is Cc1ccc2cc(C(=O)C3CN4CCN3CC4)ccc2n1. The molecule has 4 nitrogen and oxygen atoms in total. The van der Waals surface area contributed by atoms with Gasteiger partial charge in [-0.05, 0) is 31.2 Å². The monoisotopic (exact) mass is 281 g/mol. The highest BCUT2D eigenvalue weighted by molar-refractivity contribution is 6.03. The number of hydrogen-bond donors (Lipinski definition) is 0. The van der Waals surface area contributed by atoms with E-state index in [9.17, 15) is 4.79 Å². The first kappa shape index (κ1) is 12.9. The van der Waals surface area contributed by atoms with Crippen LogP contribution in [-0.4, -0.2) is 59.3 Å². The number of aromatic nitrogens is 1. The van der Waals surface area contributed by atoms with Crippen LogP contribution in [0.4, 0.5) is 0 Å². The van der Waals surface area contributed by atoms with Crippen molar-refractivity contribution in [3.63, 3.8) is 0 Å². The van der Waals surface area contributed by atoms with Crippen LogP contribution in [0.5, 0.6) is 0 Å². The van der Waals surface area contributed by atoms with Gasteiger partial charge in [0.05, 0.1) is 11.6 Å². The third-order valence-corrected chi connectivity index (χ3v) is 4.69.